The fourth-order valence-electron chi connectivity index (χ4n) is 10.8. The first-order valence-corrected chi connectivity index (χ1v) is 38.1. The van der Waals surface area contributed by atoms with E-state index in [4.69, 9.17) is 13.8 Å². The fourth-order valence-corrected chi connectivity index (χ4v) is 11.5. The van der Waals surface area contributed by atoms with Crippen molar-refractivity contribution in [3.63, 3.8) is 0 Å². The van der Waals surface area contributed by atoms with Gasteiger partial charge in [-0.05, 0) is 96.0 Å². The Balaban J connectivity index is 4.94. The van der Waals surface area contributed by atoms with E-state index in [0.29, 0.717) is 23.9 Å². The number of rotatable bonds is 67. The van der Waals surface area contributed by atoms with Gasteiger partial charge in [-0.15, -0.1) is 0 Å². The monoisotopic (exact) mass is 1210 g/mol. The Bertz CT molecular complexity index is 1640. The van der Waals surface area contributed by atoms with Gasteiger partial charge in [-0.25, -0.2) is 4.57 Å². The number of amides is 1. The average molecular weight is 1210 g/mol. The van der Waals surface area contributed by atoms with Gasteiger partial charge in [0.25, 0.3) is 0 Å². The van der Waals surface area contributed by atoms with Crippen LogP contribution in [-0.2, 0) is 27.9 Å². The Morgan fingerprint density at radius 2 is 0.718 bits per heavy atom. The number of esters is 1. The highest BCUT2D eigenvalue weighted by atomic mass is 31.2. The van der Waals surface area contributed by atoms with Crippen LogP contribution in [0.15, 0.2) is 60.8 Å². The van der Waals surface area contributed by atoms with Gasteiger partial charge in [0.1, 0.15) is 19.3 Å². The minimum atomic E-state index is -4.45. The van der Waals surface area contributed by atoms with Crippen molar-refractivity contribution in [3.05, 3.63) is 60.8 Å². The summed E-state index contributed by atoms with van der Waals surface area (Å²) in [6.45, 7) is 7.00. The van der Waals surface area contributed by atoms with Gasteiger partial charge in [0.15, 0.2) is 0 Å². The van der Waals surface area contributed by atoms with E-state index in [2.05, 4.69) is 74.7 Å². The van der Waals surface area contributed by atoms with Gasteiger partial charge in [0.05, 0.1) is 33.8 Å². The van der Waals surface area contributed by atoms with Crippen LogP contribution in [-0.4, -0.2) is 74.3 Å². The normalized spacial score (nSPS) is 13.8. The summed E-state index contributed by atoms with van der Waals surface area (Å²) in [6, 6.07) is -0.849. The number of hydrogen-bond acceptors (Lipinski definition) is 6. The summed E-state index contributed by atoms with van der Waals surface area (Å²) >= 11 is 0. The smallest absolute Gasteiger partial charge is 0.456 e. The maximum atomic E-state index is 13.6. The van der Waals surface area contributed by atoms with Gasteiger partial charge in [-0.1, -0.05) is 307 Å². The second kappa shape index (κ2) is 64.7. The Hall–Kier alpha value is -2.29. The molecule has 0 saturated carbocycles. The molecule has 0 aromatic heterocycles. The van der Waals surface area contributed by atoms with Crippen LogP contribution in [0, 0.1) is 0 Å². The van der Waals surface area contributed by atoms with Crippen LogP contribution in [0.3, 0.4) is 0 Å². The first kappa shape index (κ1) is 82.7. The van der Waals surface area contributed by atoms with Crippen molar-refractivity contribution < 1.29 is 37.3 Å². The number of likely N-dealkylation sites (N-methyl/N-ethyl adjacent to an activating group) is 1. The molecule has 0 fully saturated rings. The minimum absolute atomic E-state index is 0.0405. The summed E-state index contributed by atoms with van der Waals surface area (Å²) in [7, 11) is 1.51. The minimum Gasteiger partial charge on any atom is -0.456 e. The third kappa shape index (κ3) is 66.0. The van der Waals surface area contributed by atoms with E-state index >= 15 is 0 Å². The number of hydrogen-bond donors (Lipinski definition) is 2. The van der Waals surface area contributed by atoms with Gasteiger partial charge >= 0.3 is 13.8 Å². The lowest BCUT2D eigenvalue weighted by molar-refractivity contribution is -0.870. The number of carbonyl (C=O) groups is 2. The summed E-state index contributed by atoms with van der Waals surface area (Å²) in [6.07, 6.45) is 83.8. The van der Waals surface area contributed by atoms with E-state index in [1.54, 1.807) is 0 Å². The zero-order valence-electron chi connectivity index (χ0n) is 57.1. The van der Waals surface area contributed by atoms with Crippen molar-refractivity contribution >= 4 is 19.7 Å². The molecule has 9 nitrogen and oxygen atoms in total. The van der Waals surface area contributed by atoms with Crippen LogP contribution in [0.5, 0.6) is 0 Å². The average Bonchev–Trinajstić information content (AvgIpc) is 3.59. The zero-order chi connectivity index (χ0) is 62.1. The highest BCUT2D eigenvalue weighted by molar-refractivity contribution is 7.47. The van der Waals surface area contributed by atoms with Crippen molar-refractivity contribution in [3.8, 4) is 0 Å². The van der Waals surface area contributed by atoms with E-state index in [-0.39, 0.29) is 25.1 Å². The number of nitrogens with zero attached hydrogens (tertiary/aromatic N) is 1. The number of carbonyl (C=O) groups excluding carboxylic acids is 2. The second-order valence-electron chi connectivity index (χ2n) is 26.1. The molecular formula is C75H142N2O7P+. The topological polar surface area (TPSA) is 111 Å². The van der Waals surface area contributed by atoms with Crippen molar-refractivity contribution in [2.45, 2.75) is 367 Å². The molecule has 2 N–H and O–H groups in total. The van der Waals surface area contributed by atoms with Gasteiger partial charge in [0.2, 0.25) is 5.91 Å². The van der Waals surface area contributed by atoms with Crippen molar-refractivity contribution in [2.75, 3.05) is 40.9 Å². The molecule has 0 spiro atoms. The number of allylic oxidation sites excluding steroid dienone is 9. The molecule has 1 amide bonds. The lowest BCUT2D eigenvalue weighted by atomic mass is 10.0. The second-order valence-corrected chi connectivity index (χ2v) is 27.6. The van der Waals surface area contributed by atoms with Crippen molar-refractivity contribution in [2.24, 2.45) is 0 Å². The van der Waals surface area contributed by atoms with E-state index in [1.165, 1.54) is 250 Å². The Kier molecular flexibility index (Phi) is 62.9. The lowest BCUT2D eigenvalue weighted by Gasteiger charge is -2.27. The Morgan fingerprint density at radius 1 is 0.412 bits per heavy atom. The fraction of sp³-hybridized carbons (Fsp3) is 0.840. The molecule has 10 heteroatoms. The maximum Gasteiger partial charge on any atom is 0.472 e. The highest BCUT2D eigenvalue weighted by Gasteiger charge is 2.30. The van der Waals surface area contributed by atoms with Gasteiger partial charge in [-0.2, -0.15) is 0 Å². The predicted octanol–water partition coefficient (Wildman–Crippen LogP) is 23.3. The molecule has 0 aromatic carbocycles. The molecule has 498 valence electrons. The maximum absolute atomic E-state index is 13.6. The molecule has 3 atom stereocenters. The van der Waals surface area contributed by atoms with E-state index in [9.17, 15) is 19.0 Å². The third-order valence-electron chi connectivity index (χ3n) is 16.4. The number of unbranched alkanes of at least 4 members (excludes halogenated alkanes) is 43. The van der Waals surface area contributed by atoms with Crippen LogP contribution in [0.25, 0.3) is 0 Å². The van der Waals surface area contributed by atoms with Gasteiger partial charge in [-0.3, -0.25) is 18.6 Å². The van der Waals surface area contributed by atoms with E-state index in [0.717, 1.165) is 70.6 Å². The molecule has 0 aliphatic rings. The molecule has 0 saturated heterocycles. The largest absolute Gasteiger partial charge is 0.472 e. The molecule has 0 aliphatic carbocycles. The molecule has 85 heavy (non-hydrogen) atoms. The summed E-state index contributed by atoms with van der Waals surface area (Å²) < 4.78 is 30.8. The van der Waals surface area contributed by atoms with E-state index in [1.807, 2.05) is 33.3 Å². The molecular weight excluding hydrogens is 1070 g/mol. The summed E-state index contributed by atoms with van der Waals surface area (Å²) in [5, 5.41) is 3.07. The highest BCUT2D eigenvalue weighted by Crippen LogP contribution is 2.43. The first-order chi connectivity index (χ1) is 41.4. The zero-order valence-corrected chi connectivity index (χ0v) is 58.0. The van der Waals surface area contributed by atoms with Crippen LogP contribution >= 0.6 is 7.82 Å². The number of ether oxygens (including phenoxy) is 1. The Morgan fingerprint density at radius 3 is 1.08 bits per heavy atom. The van der Waals surface area contributed by atoms with Crippen molar-refractivity contribution in [1.29, 1.82) is 0 Å². The van der Waals surface area contributed by atoms with Crippen LogP contribution in [0.2, 0.25) is 0 Å². The van der Waals surface area contributed by atoms with Crippen LogP contribution < -0.4 is 5.32 Å². The third-order valence-corrected chi connectivity index (χ3v) is 17.4. The van der Waals surface area contributed by atoms with Gasteiger partial charge < -0.3 is 19.4 Å². The summed E-state index contributed by atoms with van der Waals surface area (Å²) in [4.78, 5) is 37.9. The summed E-state index contributed by atoms with van der Waals surface area (Å²) in [5.74, 6) is -0.493. The predicted molar refractivity (Wildman–Crippen MR) is 369 cm³/mol. The molecule has 3 unspecified atom stereocenters. The molecule has 0 aromatic rings. The Labute approximate surface area is 528 Å². The first-order valence-electron chi connectivity index (χ1n) is 36.6. The number of quaternary nitrogens is 1. The van der Waals surface area contributed by atoms with Crippen molar-refractivity contribution in [1.82, 2.24) is 5.32 Å². The van der Waals surface area contributed by atoms with Crippen LogP contribution in [0.1, 0.15) is 355 Å². The molecule has 0 rings (SSSR count). The van der Waals surface area contributed by atoms with Gasteiger partial charge in [0, 0.05) is 12.8 Å². The molecule has 0 heterocycles. The number of phosphoric acid groups is 1. The number of phosphoric ester groups is 1. The molecule has 0 bridgehead atoms. The molecule has 0 radical (unpaired) electrons. The SMILES string of the molecule is CCCCC/C=C\C/C=C\CCCCCCCCCCCCCCCCCCCC(=O)OC(/C=C\CCCCCCCCCCC)C(COP(=O)(O)OCC[N+](C)(C)C)NC(=O)CCCCCCCCCCCCC/C=C\C/C=C\CCCCC. The standard InChI is InChI=1S/C75H141N2O7P/c1-7-10-13-16-19-22-25-27-29-31-33-35-36-37-38-39-40-42-44-46-48-50-53-56-59-62-65-68-75(79)84-73(66-63-60-57-54-51-24-21-18-15-12-9-3)72(71-83-85(80,81)82-70-69-77(4,5)6)76-74(78)67-64-61-58-55-52-49-47-45-43-41-34-32-30-28-26-23-20-17-14-11-8-2/h19-20,22-23,27-30,63,66,72-73H,7-18,21,24-26,31-62,64-65,67-71H2,1-6H3,(H-,76,78,80,81)/p+1/b22-19-,23-20-,29-27-,30-28-,66-63-. The van der Waals surface area contributed by atoms with Crippen LogP contribution in [0.4, 0.5) is 0 Å². The molecule has 0 aliphatic heterocycles. The summed E-state index contributed by atoms with van der Waals surface area (Å²) in [5.41, 5.74) is 0. The van der Waals surface area contributed by atoms with E-state index < -0.39 is 20.0 Å². The quantitative estimate of drug-likeness (QED) is 0.0205. The lowest BCUT2D eigenvalue weighted by Crippen LogP contribution is -2.47. The number of nitrogens with one attached hydrogen (secondary N) is 1.